The van der Waals surface area contributed by atoms with Crippen LogP contribution in [0.15, 0.2) is 41.3 Å². The summed E-state index contributed by atoms with van der Waals surface area (Å²) in [5.74, 6) is 0.260. The molecular formula is C12H10BrN3O. The van der Waals surface area contributed by atoms with E-state index < -0.39 is 0 Å². The van der Waals surface area contributed by atoms with E-state index in [9.17, 15) is 4.79 Å². The maximum Gasteiger partial charge on any atom is 0.257 e. The lowest BCUT2D eigenvalue weighted by Gasteiger charge is -2.06. The second kappa shape index (κ2) is 5.05. The zero-order valence-corrected chi connectivity index (χ0v) is 10.7. The lowest BCUT2D eigenvalue weighted by atomic mass is 10.1. The van der Waals surface area contributed by atoms with Gasteiger partial charge < -0.3 is 5.32 Å². The molecule has 4 nitrogen and oxygen atoms in total. The molecule has 17 heavy (non-hydrogen) atoms. The van der Waals surface area contributed by atoms with Crippen molar-refractivity contribution in [2.75, 3.05) is 5.32 Å². The van der Waals surface area contributed by atoms with Gasteiger partial charge in [-0.3, -0.25) is 9.78 Å². The molecule has 0 aliphatic carbocycles. The molecule has 0 radical (unpaired) electrons. The third kappa shape index (κ3) is 2.88. The molecule has 5 heteroatoms. The van der Waals surface area contributed by atoms with Crippen LogP contribution in [0.1, 0.15) is 15.9 Å². The number of rotatable bonds is 2. The normalized spacial score (nSPS) is 10.0. The Hall–Kier alpha value is -1.75. The van der Waals surface area contributed by atoms with Crippen LogP contribution in [0, 0.1) is 6.92 Å². The van der Waals surface area contributed by atoms with E-state index in [1.54, 1.807) is 12.3 Å². The van der Waals surface area contributed by atoms with E-state index >= 15 is 0 Å². The maximum absolute atomic E-state index is 12.0. The molecule has 0 unspecified atom stereocenters. The Bertz CT molecular complexity index is 543. The van der Waals surface area contributed by atoms with Gasteiger partial charge in [0.25, 0.3) is 5.91 Å². The van der Waals surface area contributed by atoms with Gasteiger partial charge >= 0.3 is 0 Å². The number of carbonyl (C=O) groups excluding carboxylic acids is 1. The van der Waals surface area contributed by atoms with Crippen molar-refractivity contribution in [1.82, 2.24) is 9.97 Å². The molecule has 0 fully saturated rings. The fourth-order valence-electron chi connectivity index (χ4n) is 1.43. The number of hydrogen-bond acceptors (Lipinski definition) is 3. The van der Waals surface area contributed by atoms with Crippen LogP contribution >= 0.6 is 15.9 Å². The van der Waals surface area contributed by atoms with E-state index in [1.807, 2.05) is 19.1 Å². The van der Waals surface area contributed by atoms with Gasteiger partial charge in [-0.25, -0.2) is 4.98 Å². The zero-order valence-electron chi connectivity index (χ0n) is 9.14. The van der Waals surface area contributed by atoms with Gasteiger partial charge in [0.2, 0.25) is 0 Å². The number of aromatic nitrogens is 2. The van der Waals surface area contributed by atoms with E-state index in [0.717, 1.165) is 10.0 Å². The quantitative estimate of drug-likeness (QED) is 0.926. The predicted molar refractivity (Wildman–Crippen MR) is 68.9 cm³/mol. The first-order chi connectivity index (χ1) is 8.16. The minimum absolute atomic E-state index is 0.185. The smallest absolute Gasteiger partial charge is 0.257 e. The molecule has 1 aromatic carbocycles. The summed E-state index contributed by atoms with van der Waals surface area (Å²) >= 11 is 3.36. The Morgan fingerprint density at radius 2 is 2.18 bits per heavy atom. The maximum atomic E-state index is 12.0. The number of halogens is 1. The number of aryl methyl sites for hydroxylation is 1. The van der Waals surface area contributed by atoms with Crippen molar-refractivity contribution in [3.8, 4) is 0 Å². The SMILES string of the molecule is Cc1cc(Br)ccc1C(=O)Nc1cnccn1. The summed E-state index contributed by atoms with van der Waals surface area (Å²) in [4.78, 5) is 19.8. The molecule has 0 aliphatic heterocycles. The fraction of sp³-hybridized carbons (Fsp3) is 0.0833. The van der Waals surface area contributed by atoms with Crippen LogP contribution < -0.4 is 5.32 Å². The van der Waals surface area contributed by atoms with Crippen molar-refractivity contribution in [3.63, 3.8) is 0 Å². The van der Waals surface area contributed by atoms with Crippen molar-refractivity contribution in [2.24, 2.45) is 0 Å². The second-order valence-corrected chi connectivity index (χ2v) is 4.42. The minimum Gasteiger partial charge on any atom is -0.305 e. The van der Waals surface area contributed by atoms with E-state index in [-0.39, 0.29) is 5.91 Å². The van der Waals surface area contributed by atoms with Crippen LogP contribution in [0.5, 0.6) is 0 Å². The predicted octanol–water partition coefficient (Wildman–Crippen LogP) is 2.80. The molecule has 86 valence electrons. The van der Waals surface area contributed by atoms with Crippen LogP contribution in [-0.4, -0.2) is 15.9 Å². The number of carbonyl (C=O) groups is 1. The summed E-state index contributed by atoms with van der Waals surface area (Å²) in [5, 5.41) is 2.69. The number of benzene rings is 1. The summed E-state index contributed by atoms with van der Waals surface area (Å²) in [7, 11) is 0. The Morgan fingerprint density at radius 3 is 2.82 bits per heavy atom. The molecule has 1 aromatic heterocycles. The highest BCUT2D eigenvalue weighted by molar-refractivity contribution is 9.10. The van der Waals surface area contributed by atoms with Crippen LogP contribution in [0.2, 0.25) is 0 Å². The topological polar surface area (TPSA) is 54.9 Å². The average Bonchev–Trinajstić information content (AvgIpc) is 2.30. The van der Waals surface area contributed by atoms with Crippen molar-refractivity contribution < 1.29 is 4.79 Å². The lowest BCUT2D eigenvalue weighted by molar-refractivity contribution is 0.102. The van der Waals surface area contributed by atoms with Gasteiger partial charge in [-0.15, -0.1) is 0 Å². The van der Waals surface area contributed by atoms with E-state index in [0.29, 0.717) is 11.4 Å². The van der Waals surface area contributed by atoms with Gasteiger partial charge in [-0.2, -0.15) is 0 Å². The van der Waals surface area contributed by atoms with Crippen LogP contribution in [0.3, 0.4) is 0 Å². The Kier molecular flexibility index (Phi) is 3.49. The van der Waals surface area contributed by atoms with Gasteiger partial charge in [-0.05, 0) is 30.7 Å². The molecule has 0 saturated heterocycles. The molecule has 2 aromatic rings. The van der Waals surface area contributed by atoms with Crippen LogP contribution in [0.4, 0.5) is 5.82 Å². The molecule has 1 N–H and O–H groups in total. The van der Waals surface area contributed by atoms with Gasteiger partial charge in [-0.1, -0.05) is 15.9 Å². The molecule has 1 amide bonds. The van der Waals surface area contributed by atoms with E-state index in [1.165, 1.54) is 12.4 Å². The van der Waals surface area contributed by atoms with E-state index in [2.05, 4.69) is 31.2 Å². The summed E-state index contributed by atoms with van der Waals surface area (Å²) < 4.78 is 0.950. The number of nitrogens with one attached hydrogen (secondary N) is 1. The van der Waals surface area contributed by atoms with Crippen LogP contribution in [-0.2, 0) is 0 Å². The molecular weight excluding hydrogens is 282 g/mol. The molecule has 0 spiro atoms. The molecule has 0 bridgehead atoms. The monoisotopic (exact) mass is 291 g/mol. The molecule has 0 aliphatic rings. The third-order valence-electron chi connectivity index (χ3n) is 2.24. The molecule has 1 heterocycles. The molecule has 2 rings (SSSR count). The average molecular weight is 292 g/mol. The molecule has 0 saturated carbocycles. The van der Waals surface area contributed by atoms with Crippen LogP contribution in [0.25, 0.3) is 0 Å². The lowest BCUT2D eigenvalue weighted by Crippen LogP contribution is -2.14. The van der Waals surface area contributed by atoms with Crippen molar-refractivity contribution in [3.05, 3.63) is 52.4 Å². The first-order valence-electron chi connectivity index (χ1n) is 5.00. The largest absolute Gasteiger partial charge is 0.305 e. The first kappa shape index (κ1) is 11.7. The number of anilines is 1. The summed E-state index contributed by atoms with van der Waals surface area (Å²) in [6.45, 7) is 1.89. The summed E-state index contributed by atoms with van der Waals surface area (Å²) in [6.07, 6.45) is 4.59. The van der Waals surface area contributed by atoms with Gasteiger partial charge in [0.15, 0.2) is 5.82 Å². The van der Waals surface area contributed by atoms with Crippen molar-refractivity contribution >= 4 is 27.7 Å². The fourth-order valence-corrected chi connectivity index (χ4v) is 1.90. The van der Waals surface area contributed by atoms with Gasteiger partial charge in [0.1, 0.15) is 0 Å². The van der Waals surface area contributed by atoms with Crippen molar-refractivity contribution in [2.45, 2.75) is 6.92 Å². The highest BCUT2D eigenvalue weighted by atomic mass is 79.9. The minimum atomic E-state index is -0.185. The Labute approximate surface area is 107 Å². The van der Waals surface area contributed by atoms with E-state index in [4.69, 9.17) is 0 Å². The summed E-state index contributed by atoms with van der Waals surface area (Å²) in [5.41, 5.74) is 1.53. The Balaban J connectivity index is 2.21. The van der Waals surface area contributed by atoms with Gasteiger partial charge in [0.05, 0.1) is 6.20 Å². The summed E-state index contributed by atoms with van der Waals surface area (Å²) in [6, 6.07) is 5.50. The molecule has 0 atom stereocenters. The highest BCUT2D eigenvalue weighted by Crippen LogP contribution is 2.16. The number of nitrogens with zero attached hydrogens (tertiary/aromatic N) is 2. The highest BCUT2D eigenvalue weighted by Gasteiger charge is 2.09. The second-order valence-electron chi connectivity index (χ2n) is 3.50. The number of hydrogen-bond donors (Lipinski definition) is 1. The number of amides is 1. The van der Waals surface area contributed by atoms with Crippen molar-refractivity contribution in [1.29, 1.82) is 0 Å². The third-order valence-corrected chi connectivity index (χ3v) is 2.73. The van der Waals surface area contributed by atoms with Gasteiger partial charge in [0, 0.05) is 22.4 Å². The first-order valence-corrected chi connectivity index (χ1v) is 5.79. The Morgan fingerprint density at radius 1 is 1.35 bits per heavy atom. The zero-order chi connectivity index (χ0) is 12.3. The standard InChI is InChI=1S/C12H10BrN3O/c1-8-6-9(13)2-3-10(8)12(17)16-11-7-14-4-5-15-11/h2-7H,1H3,(H,15,16,17).